The summed E-state index contributed by atoms with van der Waals surface area (Å²) in [6, 6.07) is 7.29. The zero-order valence-corrected chi connectivity index (χ0v) is 13.7. The standard InChI is InChI=1S/C14H21N3O2S2/c1-11-5-7-17(8-6-11)21(18,19)16-10-12-3-2-4-13(9-12)14(15)20/h2-4,9,11,16H,5-8,10H2,1H3,(H2,15,20). The van der Waals surface area contributed by atoms with Gasteiger partial charge in [0, 0.05) is 25.2 Å². The quantitative estimate of drug-likeness (QED) is 0.801. The molecule has 0 radical (unpaired) electrons. The van der Waals surface area contributed by atoms with Crippen molar-refractivity contribution < 1.29 is 8.42 Å². The molecule has 0 unspecified atom stereocenters. The first-order chi connectivity index (χ1) is 9.88. The van der Waals surface area contributed by atoms with Gasteiger partial charge in [0.05, 0.1) is 0 Å². The summed E-state index contributed by atoms with van der Waals surface area (Å²) >= 11 is 4.92. The van der Waals surface area contributed by atoms with Crippen LogP contribution in [0.4, 0.5) is 0 Å². The van der Waals surface area contributed by atoms with E-state index in [9.17, 15) is 8.42 Å². The van der Waals surface area contributed by atoms with Crippen molar-refractivity contribution >= 4 is 27.4 Å². The van der Waals surface area contributed by atoms with Crippen LogP contribution in [-0.4, -0.2) is 30.8 Å². The molecule has 0 spiro atoms. The highest BCUT2D eigenvalue weighted by atomic mass is 32.2. The van der Waals surface area contributed by atoms with Crippen molar-refractivity contribution in [2.45, 2.75) is 26.3 Å². The topological polar surface area (TPSA) is 75.4 Å². The molecule has 1 aliphatic rings. The molecule has 7 heteroatoms. The van der Waals surface area contributed by atoms with Crippen molar-refractivity contribution in [2.75, 3.05) is 13.1 Å². The number of nitrogens with two attached hydrogens (primary N) is 1. The molecule has 1 aliphatic heterocycles. The molecule has 116 valence electrons. The molecule has 0 amide bonds. The first kappa shape index (κ1) is 16.4. The highest BCUT2D eigenvalue weighted by Crippen LogP contribution is 2.18. The Balaban J connectivity index is 1.98. The third kappa shape index (κ3) is 4.47. The molecule has 1 fully saturated rings. The van der Waals surface area contributed by atoms with Crippen LogP contribution in [0.3, 0.4) is 0 Å². The number of hydrogen-bond donors (Lipinski definition) is 2. The summed E-state index contributed by atoms with van der Waals surface area (Å²) in [4.78, 5) is 0.310. The van der Waals surface area contributed by atoms with Crippen molar-refractivity contribution in [1.29, 1.82) is 0 Å². The number of rotatable bonds is 5. The summed E-state index contributed by atoms with van der Waals surface area (Å²) in [5, 5.41) is 0. The van der Waals surface area contributed by atoms with E-state index < -0.39 is 10.2 Å². The third-order valence-corrected chi connectivity index (χ3v) is 5.54. The number of thiocarbonyl (C=S) groups is 1. The lowest BCUT2D eigenvalue weighted by Gasteiger charge is -2.29. The zero-order valence-electron chi connectivity index (χ0n) is 12.1. The van der Waals surface area contributed by atoms with Crippen LogP contribution in [-0.2, 0) is 16.8 Å². The molecule has 0 aliphatic carbocycles. The zero-order chi connectivity index (χ0) is 15.5. The van der Waals surface area contributed by atoms with Gasteiger partial charge in [0.1, 0.15) is 4.99 Å². The van der Waals surface area contributed by atoms with E-state index in [-0.39, 0.29) is 6.54 Å². The fourth-order valence-electron chi connectivity index (χ4n) is 2.33. The monoisotopic (exact) mass is 327 g/mol. The van der Waals surface area contributed by atoms with Crippen LogP contribution in [0.5, 0.6) is 0 Å². The Morgan fingerprint density at radius 2 is 2.10 bits per heavy atom. The van der Waals surface area contributed by atoms with E-state index in [0.717, 1.165) is 24.0 Å². The van der Waals surface area contributed by atoms with E-state index in [1.165, 1.54) is 4.31 Å². The van der Waals surface area contributed by atoms with Crippen molar-refractivity contribution in [3.8, 4) is 0 Å². The summed E-state index contributed by atoms with van der Waals surface area (Å²) in [6.45, 7) is 3.57. The minimum atomic E-state index is -3.42. The number of nitrogens with zero attached hydrogens (tertiary/aromatic N) is 1. The first-order valence-electron chi connectivity index (χ1n) is 7.02. The van der Waals surface area contributed by atoms with E-state index in [0.29, 0.717) is 24.0 Å². The predicted octanol–water partition coefficient (Wildman–Crippen LogP) is 1.39. The molecular weight excluding hydrogens is 306 g/mol. The van der Waals surface area contributed by atoms with Crippen molar-refractivity contribution in [3.05, 3.63) is 35.4 Å². The van der Waals surface area contributed by atoms with Gasteiger partial charge in [0.2, 0.25) is 0 Å². The summed E-state index contributed by atoms with van der Waals surface area (Å²) in [6.07, 6.45) is 1.83. The van der Waals surface area contributed by atoms with Crippen molar-refractivity contribution in [1.82, 2.24) is 9.03 Å². The Hall–Kier alpha value is -1.02. The van der Waals surface area contributed by atoms with Crippen LogP contribution < -0.4 is 10.5 Å². The second-order valence-electron chi connectivity index (χ2n) is 5.47. The normalized spacial score (nSPS) is 17.8. The maximum Gasteiger partial charge on any atom is 0.279 e. The predicted molar refractivity (Wildman–Crippen MR) is 88.1 cm³/mol. The number of benzene rings is 1. The molecule has 0 bridgehead atoms. The van der Waals surface area contributed by atoms with Crippen LogP contribution >= 0.6 is 12.2 Å². The molecule has 1 heterocycles. The molecule has 5 nitrogen and oxygen atoms in total. The fraction of sp³-hybridized carbons (Fsp3) is 0.500. The molecule has 21 heavy (non-hydrogen) atoms. The van der Waals surface area contributed by atoms with Crippen LogP contribution in [0.25, 0.3) is 0 Å². The van der Waals surface area contributed by atoms with Gasteiger partial charge < -0.3 is 5.73 Å². The number of nitrogens with one attached hydrogen (secondary N) is 1. The lowest BCUT2D eigenvalue weighted by atomic mass is 10.0. The first-order valence-corrected chi connectivity index (χ1v) is 8.87. The minimum Gasteiger partial charge on any atom is -0.389 e. The van der Waals surface area contributed by atoms with Crippen molar-refractivity contribution in [2.24, 2.45) is 11.7 Å². The lowest BCUT2D eigenvalue weighted by Crippen LogP contribution is -2.44. The van der Waals surface area contributed by atoms with Gasteiger partial charge in [0.15, 0.2) is 0 Å². The molecule has 1 aromatic rings. The number of piperidine rings is 1. The largest absolute Gasteiger partial charge is 0.389 e. The van der Waals surface area contributed by atoms with E-state index in [4.69, 9.17) is 18.0 Å². The van der Waals surface area contributed by atoms with Gasteiger partial charge in [-0.3, -0.25) is 0 Å². The summed E-state index contributed by atoms with van der Waals surface area (Å²) in [5.41, 5.74) is 7.16. The Kier molecular flexibility index (Phi) is 5.32. The van der Waals surface area contributed by atoms with Gasteiger partial charge in [0.25, 0.3) is 10.2 Å². The van der Waals surface area contributed by atoms with Gasteiger partial charge in [-0.2, -0.15) is 17.4 Å². The molecule has 3 N–H and O–H groups in total. The highest BCUT2D eigenvalue weighted by molar-refractivity contribution is 7.87. The molecule has 1 saturated heterocycles. The Morgan fingerprint density at radius 1 is 1.43 bits per heavy atom. The summed E-state index contributed by atoms with van der Waals surface area (Å²) in [5.74, 6) is 0.596. The second-order valence-corrected chi connectivity index (χ2v) is 7.67. The Bertz CT molecular complexity index is 608. The average molecular weight is 327 g/mol. The molecule has 0 atom stereocenters. The summed E-state index contributed by atoms with van der Waals surface area (Å²) in [7, 11) is -3.42. The molecule has 0 saturated carbocycles. The molecule has 0 aromatic heterocycles. The third-order valence-electron chi connectivity index (χ3n) is 3.75. The van der Waals surface area contributed by atoms with Gasteiger partial charge in [-0.25, -0.2) is 0 Å². The molecule has 2 rings (SSSR count). The SMILES string of the molecule is CC1CCN(S(=O)(=O)NCc2cccc(C(N)=S)c2)CC1. The Labute approximate surface area is 131 Å². The summed E-state index contributed by atoms with van der Waals surface area (Å²) < 4.78 is 28.7. The van der Waals surface area contributed by atoms with E-state index in [2.05, 4.69) is 11.6 Å². The Morgan fingerprint density at radius 3 is 2.71 bits per heavy atom. The molecule has 1 aromatic carbocycles. The van der Waals surface area contributed by atoms with Gasteiger partial charge in [-0.05, 0) is 30.4 Å². The lowest BCUT2D eigenvalue weighted by molar-refractivity contribution is 0.285. The van der Waals surface area contributed by atoms with Crippen LogP contribution in [0.15, 0.2) is 24.3 Å². The maximum absolute atomic E-state index is 12.2. The average Bonchev–Trinajstić information content (AvgIpc) is 2.46. The smallest absolute Gasteiger partial charge is 0.279 e. The van der Waals surface area contributed by atoms with Crippen LogP contribution in [0, 0.1) is 5.92 Å². The highest BCUT2D eigenvalue weighted by Gasteiger charge is 2.25. The fourth-order valence-corrected chi connectivity index (χ4v) is 3.68. The van der Waals surface area contributed by atoms with Gasteiger partial charge >= 0.3 is 0 Å². The second kappa shape index (κ2) is 6.83. The maximum atomic E-state index is 12.2. The van der Waals surface area contributed by atoms with Crippen LogP contribution in [0.2, 0.25) is 0 Å². The van der Waals surface area contributed by atoms with E-state index >= 15 is 0 Å². The van der Waals surface area contributed by atoms with Gasteiger partial charge in [-0.1, -0.05) is 37.3 Å². The molecular formula is C14H21N3O2S2. The minimum absolute atomic E-state index is 0.241. The van der Waals surface area contributed by atoms with E-state index in [1.54, 1.807) is 0 Å². The van der Waals surface area contributed by atoms with Crippen molar-refractivity contribution in [3.63, 3.8) is 0 Å². The van der Waals surface area contributed by atoms with Gasteiger partial charge in [-0.15, -0.1) is 0 Å². The van der Waals surface area contributed by atoms with Crippen LogP contribution in [0.1, 0.15) is 30.9 Å². The van der Waals surface area contributed by atoms with E-state index in [1.807, 2.05) is 24.3 Å². The number of hydrogen-bond acceptors (Lipinski definition) is 3.